The number of nitrogens with zero attached hydrogens (tertiary/aromatic N) is 4. The highest BCUT2D eigenvalue weighted by Crippen LogP contribution is 2.28. The number of aryl methyl sites for hydroxylation is 1. The van der Waals surface area contributed by atoms with E-state index in [4.69, 9.17) is 4.74 Å². The molecule has 1 aromatic carbocycles. The predicted octanol–water partition coefficient (Wildman–Crippen LogP) is 4.93. The number of amides is 2. The maximum absolute atomic E-state index is 15.1. The molecule has 38 heavy (non-hydrogen) atoms. The van der Waals surface area contributed by atoms with E-state index >= 15 is 8.78 Å². The molecule has 0 saturated carbocycles. The van der Waals surface area contributed by atoms with Gasteiger partial charge in [-0.1, -0.05) is 6.92 Å². The van der Waals surface area contributed by atoms with Crippen molar-refractivity contribution in [3.63, 3.8) is 0 Å². The number of benzene rings is 1. The second kappa shape index (κ2) is 11.0. The molecule has 0 unspecified atom stereocenters. The summed E-state index contributed by atoms with van der Waals surface area (Å²) in [6.07, 6.45) is 3.03. The van der Waals surface area contributed by atoms with Gasteiger partial charge in [0.15, 0.2) is 0 Å². The van der Waals surface area contributed by atoms with Gasteiger partial charge < -0.3 is 24.4 Å². The number of anilines is 1. The van der Waals surface area contributed by atoms with Crippen LogP contribution < -0.4 is 10.2 Å². The van der Waals surface area contributed by atoms with Gasteiger partial charge >= 0.3 is 6.09 Å². The summed E-state index contributed by atoms with van der Waals surface area (Å²) < 4.78 is 37.5. The summed E-state index contributed by atoms with van der Waals surface area (Å²) in [6, 6.07) is 6.07. The van der Waals surface area contributed by atoms with Crippen LogP contribution in [0.15, 0.2) is 36.7 Å². The van der Waals surface area contributed by atoms with Gasteiger partial charge in [0, 0.05) is 69.0 Å². The number of aromatic nitrogens is 2. The van der Waals surface area contributed by atoms with Crippen molar-refractivity contribution < 1.29 is 23.1 Å². The summed E-state index contributed by atoms with van der Waals surface area (Å²) in [7, 11) is 0. The summed E-state index contributed by atoms with van der Waals surface area (Å²) >= 11 is 0. The molecule has 1 saturated heterocycles. The van der Waals surface area contributed by atoms with Gasteiger partial charge in [0.1, 0.15) is 22.9 Å². The first-order valence-corrected chi connectivity index (χ1v) is 12.9. The average molecular weight is 528 g/mol. The van der Waals surface area contributed by atoms with Crippen molar-refractivity contribution in [3.8, 4) is 0 Å². The Morgan fingerprint density at radius 2 is 1.82 bits per heavy atom. The van der Waals surface area contributed by atoms with Gasteiger partial charge in [0.2, 0.25) is 0 Å². The van der Waals surface area contributed by atoms with Crippen LogP contribution in [0.2, 0.25) is 0 Å². The first kappa shape index (κ1) is 27.3. The number of hydrogen-bond acceptors (Lipinski definition) is 5. The fourth-order valence-corrected chi connectivity index (χ4v) is 4.54. The summed E-state index contributed by atoms with van der Waals surface area (Å²) in [5.41, 5.74) is 0.964. The van der Waals surface area contributed by atoms with E-state index in [9.17, 15) is 9.59 Å². The highest BCUT2D eigenvalue weighted by molar-refractivity contribution is 5.97. The number of nitrogens with one attached hydrogen (secondary N) is 1. The molecule has 0 aliphatic carbocycles. The molecular formula is C28H35F2N5O3. The van der Waals surface area contributed by atoms with Gasteiger partial charge in [-0.3, -0.25) is 4.79 Å². The summed E-state index contributed by atoms with van der Waals surface area (Å²) in [6.45, 7) is 11.5. The lowest BCUT2D eigenvalue weighted by molar-refractivity contribution is 0.0240. The molecule has 1 N–H and O–H groups in total. The van der Waals surface area contributed by atoms with E-state index in [1.165, 1.54) is 18.3 Å². The Morgan fingerprint density at radius 3 is 2.47 bits per heavy atom. The van der Waals surface area contributed by atoms with E-state index in [0.717, 1.165) is 17.6 Å². The standard InChI is InChI=1S/C28H35F2N5O3/c1-6-33-8-7-19-13-20(17-31-25(19)33)26(36)32-16-18(2)21-14-23(30)24(15-22(21)29)34-9-11-35(12-10-34)27(37)38-28(3,4)5/h7-8,13-15,17-18H,6,9-12,16H2,1-5H3,(H,32,36)/t18-/m1/s1. The maximum atomic E-state index is 15.1. The van der Waals surface area contributed by atoms with Crippen LogP contribution in [-0.2, 0) is 11.3 Å². The minimum Gasteiger partial charge on any atom is -0.444 e. The molecule has 204 valence electrons. The Hall–Kier alpha value is -3.69. The zero-order chi connectivity index (χ0) is 27.6. The molecule has 10 heteroatoms. The van der Waals surface area contributed by atoms with Gasteiger partial charge in [-0.05, 0) is 51.5 Å². The number of pyridine rings is 1. The number of carbonyl (C=O) groups excluding carboxylic acids is 2. The van der Waals surface area contributed by atoms with E-state index < -0.39 is 29.2 Å². The van der Waals surface area contributed by atoms with Crippen molar-refractivity contribution in [2.24, 2.45) is 0 Å². The number of carbonyl (C=O) groups is 2. The first-order chi connectivity index (χ1) is 18.0. The molecule has 0 bridgehead atoms. The third-order valence-electron chi connectivity index (χ3n) is 6.64. The van der Waals surface area contributed by atoms with Crippen molar-refractivity contribution in [2.75, 3.05) is 37.6 Å². The zero-order valence-electron chi connectivity index (χ0n) is 22.6. The highest BCUT2D eigenvalue weighted by atomic mass is 19.1. The molecule has 1 fully saturated rings. The largest absolute Gasteiger partial charge is 0.444 e. The van der Waals surface area contributed by atoms with Crippen LogP contribution in [0.5, 0.6) is 0 Å². The Bertz CT molecular complexity index is 1330. The van der Waals surface area contributed by atoms with Crippen LogP contribution in [0.25, 0.3) is 11.0 Å². The van der Waals surface area contributed by atoms with Crippen LogP contribution in [0, 0.1) is 11.6 Å². The van der Waals surface area contributed by atoms with E-state index in [1.54, 1.807) is 43.6 Å². The van der Waals surface area contributed by atoms with Crippen LogP contribution in [0.1, 0.15) is 56.5 Å². The number of rotatable bonds is 6. The predicted molar refractivity (Wildman–Crippen MR) is 143 cm³/mol. The fraction of sp³-hybridized carbons (Fsp3) is 0.464. The van der Waals surface area contributed by atoms with Crippen LogP contribution in [0.3, 0.4) is 0 Å². The minimum atomic E-state index is -0.596. The molecule has 2 aromatic heterocycles. The minimum absolute atomic E-state index is 0.136. The lowest BCUT2D eigenvalue weighted by Crippen LogP contribution is -2.50. The smallest absolute Gasteiger partial charge is 0.410 e. The van der Waals surface area contributed by atoms with Crippen molar-refractivity contribution in [3.05, 3.63) is 59.4 Å². The Balaban J connectivity index is 1.37. The number of ether oxygens (including phenoxy) is 1. The van der Waals surface area contributed by atoms with E-state index in [1.807, 2.05) is 23.8 Å². The third kappa shape index (κ3) is 6.06. The second-order valence-corrected chi connectivity index (χ2v) is 10.6. The SMILES string of the molecule is CCn1ccc2cc(C(=O)NC[C@@H](C)c3cc(F)c(N4CCN(C(=O)OC(C)(C)C)CC4)cc3F)cnc21. The molecular weight excluding hydrogens is 492 g/mol. The molecule has 1 atom stereocenters. The molecule has 1 aliphatic rings. The van der Waals surface area contributed by atoms with Crippen molar-refractivity contribution in [2.45, 2.75) is 52.7 Å². The number of hydrogen-bond donors (Lipinski definition) is 1. The highest BCUT2D eigenvalue weighted by Gasteiger charge is 2.28. The number of fused-ring (bicyclic) bond motifs is 1. The van der Waals surface area contributed by atoms with Crippen molar-refractivity contribution in [1.29, 1.82) is 0 Å². The fourth-order valence-electron chi connectivity index (χ4n) is 4.54. The first-order valence-electron chi connectivity index (χ1n) is 12.9. The molecule has 0 radical (unpaired) electrons. The molecule has 3 heterocycles. The van der Waals surface area contributed by atoms with E-state index in [0.29, 0.717) is 31.7 Å². The Morgan fingerprint density at radius 1 is 1.11 bits per heavy atom. The van der Waals surface area contributed by atoms with Crippen molar-refractivity contribution in [1.82, 2.24) is 19.8 Å². The normalized spacial score (nSPS) is 15.0. The van der Waals surface area contributed by atoms with Gasteiger partial charge in [-0.15, -0.1) is 0 Å². The number of halogens is 2. The summed E-state index contributed by atoms with van der Waals surface area (Å²) in [5.74, 6) is -1.86. The molecule has 0 spiro atoms. The monoisotopic (exact) mass is 527 g/mol. The molecule has 4 rings (SSSR count). The topological polar surface area (TPSA) is 79.7 Å². The molecule has 1 aliphatic heterocycles. The Kier molecular flexibility index (Phi) is 7.89. The second-order valence-electron chi connectivity index (χ2n) is 10.6. The van der Waals surface area contributed by atoms with Crippen molar-refractivity contribution >= 4 is 28.7 Å². The van der Waals surface area contributed by atoms with Gasteiger partial charge in [0.05, 0.1) is 11.3 Å². The molecule has 3 aromatic rings. The van der Waals surface area contributed by atoms with Gasteiger partial charge in [-0.2, -0.15) is 0 Å². The van der Waals surface area contributed by atoms with E-state index in [2.05, 4.69) is 10.3 Å². The molecule has 8 nitrogen and oxygen atoms in total. The third-order valence-corrected chi connectivity index (χ3v) is 6.64. The maximum Gasteiger partial charge on any atom is 0.410 e. The average Bonchev–Trinajstić information content (AvgIpc) is 3.29. The summed E-state index contributed by atoms with van der Waals surface area (Å²) in [5, 5.41) is 3.67. The van der Waals surface area contributed by atoms with Gasteiger partial charge in [-0.25, -0.2) is 18.6 Å². The zero-order valence-corrected chi connectivity index (χ0v) is 22.6. The number of piperazine rings is 1. The van der Waals surface area contributed by atoms with Crippen LogP contribution in [-0.4, -0.2) is 64.8 Å². The lowest BCUT2D eigenvalue weighted by Gasteiger charge is -2.37. The van der Waals surface area contributed by atoms with Gasteiger partial charge in [0.25, 0.3) is 5.91 Å². The van der Waals surface area contributed by atoms with E-state index in [-0.39, 0.29) is 23.7 Å². The van der Waals surface area contributed by atoms with Crippen LogP contribution in [0.4, 0.5) is 19.3 Å². The lowest BCUT2D eigenvalue weighted by atomic mass is 9.99. The van der Waals surface area contributed by atoms with Crippen LogP contribution >= 0.6 is 0 Å². The summed E-state index contributed by atoms with van der Waals surface area (Å²) in [4.78, 5) is 32.7. The Labute approximate surface area is 221 Å². The quantitative estimate of drug-likeness (QED) is 0.492. The molecule has 2 amide bonds.